The van der Waals surface area contributed by atoms with E-state index in [1.165, 1.54) is 19.4 Å². The molecule has 166 valence electrons. The first-order valence-electron chi connectivity index (χ1n) is 10.5. The van der Waals surface area contributed by atoms with E-state index in [9.17, 15) is 9.90 Å². The molecule has 0 radical (unpaired) electrons. The van der Waals surface area contributed by atoms with Gasteiger partial charge in [0.25, 0.3) is 0 Å². The zero-order valence-electron chi connectivity index (χ0n) is 18.2. The number of rotatable bonds is 8. The summed E-state index contributed by atoms with van der Waals surface area (Å²) in [4.78, 5) is 17.0. The summed E-state index contributed by atoms with van der Waals surface area (Å²) in [6.45, 7) is 0.457. The van der Waals surface area contributed by atoms with E-state index in [-0.39, 0.29) is 18.1 Å². The lowest BCUT2D eigenvalue weighted by Crippen LogP contribution is -2.19. The van der Waals surface area contributed by atoms with Gasteiger partial charge in [-0.3, -0.25) is 4.79 Å². The topological polar surface area (TPSA) is 88.7 Å². The van der Waals surface area contributed by atoms with Crippen molar-refractivity contribution in [3.05, 3.63) is 90.8 Å². The lowest BCUT2D eigenvalue weighted by Gasteiger charge is -2.10. The quantitative estimate of drug-likeness (QED) is 0.313. The van der Waals surface area contributed by atoms with Crippen LogP contribution >= 0.6 is 0 Å². The van der Waals surface area contributed by atoms with E-state index < -0.39 is 0 Å². The number of hydrazone groups is 1. The molecule has 7 nitrogen and oxygen atoms in total. The van der Waals surface area contributed by atoms with Gasteiger partial charge in [0.2, 0.25) is 5.91 Å². The number of imidazole rings is 1. The van der Waals surface area contributed by atoms with Gasteiger partial charge in [-0.1, -0.05) is 60.7 Å². The summed E-state index contributed by atoms with van der Waals surface area (Å²) in [7, 11) is 1.47. The molecule has 0 aliphatic carbocycles. The van der Waals surface area contributed by atoms with Crippen LogP contribution in [0.5, 0.6) is 11.5 Å². The number of hydrogen-bond acceptors (Lipinski definition) is 5. The Kier molecular flexibility index (Phi) is 6.80. The van der Waals surface area contributed by atoms with Crippen molar-refractivity contribution in [3.8, 4) is 34.0 Å². The first-order valence-corrected chi connectivity index (χ1v) is 10.5. The highest BCUT2D eigenvalue weighted by Crippen LogP contribution is 2.31. The van der Waals surface area contributed by atoms with Gasteiger partial charge >= 0.3 is 0 Å². The van der Waals surface area contributed by atoms with Crippen LogP contribution in [0.15, 0.2) is 90.3 Å². The SMILES string of the molecule is COc1cc(/C=N\NC(=O)CCn2cnc(-c3ccccc3)c2-c2ccccc2)ccc1O. The normalized spacial score (nSPS) is 10.9. The van der Waals surface area contributed by atoms with Crippen LogP contribution in [-0.4, -0.2) is 33.9 Å². The second-order valence-electron chi connectivity index (χ2n) is 7.34. The van der Waals surface area contributed by atoms with Crippen LogP contribution in [0.25, 0.3) is 22.5 Å². The van der Waals surface area contributed by atoms with Crippen molar-refractivity contribution < 1.29 is 14.6 Å². The van der Waals surface area contributed by atoms with E-state index in [0.29, 0.717) is 17.9 Å². The van der Waals surface area contributed by atoms with Crippen molar-refractivity contribution >= 4 is 12.1 Å². The van der Waals surface area contributed by atoms with Gasteiger partial charge in [0.1, 0.15) is 0 Å². The number of methoxy groups -OCH3 is 1. The molecule has 0 aliphatic heterocycles. The first kappa shape index (κ1) is 21.8. The van der Waals surface area contributed by atoms with E-state index >= 15 is 0 Å². The smallest absolute Gasteiger partial charge is 0.241 e. The number of phenolic OH excluding ortho intramolecular Hbond substituents is 1. The van der Waals surface area contributed by atoms with Crippen molar-refractivity contribution in [3.63, 3.8) is 0 Å². The largest absolute Gasteiger partial charge is 0.504 e. The van der Waals surface area contributed by atoms with Crippen LogP contribution < -0.4 is 10.2 Å². The molecule has 0 unspecified atom stereocenters. The molecule has 0 aliphatic rings. The van der Waals surface area contributed by atoms with Crippen LogP contribution in [0.1, 0.15) is 12.0 Å². The molecule has 2 N–H and O–H groups in total. The summed E-state index contributed by atoms with van der Waals surface area (Å²) in [5.41, 5.74) is 7.14. The van der Waals surface area contributed by atoms with Gasteiger partial charge in [-0.05, 0) is 23.8 Å². The van der Waals surface area contributed by atoms with Crippen LogP contribution in [0.3, 0.4) is 0 Å². The number of aromatic hydroxyl groups is 1. The first-order chi connectivity index (χ1) is 16.2. The number of carbonyl (C=O) groups excluding carboxylic acids is 1. The Morgan fingerprint density at radius 1 is 1.06 bits per heavy atom. The molecule has 7 heteroatoms. The van der Waals surface area contributed by atoms with Gasteiger partial charge in [-0.25, -0.2) is 10.4 Å². The van der Waals surface area contributed by atoms with Crippen LogP contribution in [0, 0.1) is 0 Å². The molecule has 0 fully saturated rings. The van der Waals surface area contributed by atoms with Gasteiger partial charge in [0.05, 0.1) is 31.0 Å². The number of aryl methyl sites for hydroxylation is 1. The lowest BCUT2D eigenvalue weighted by atomic mass is 10.0. The maximum absolute atomic E-state index is 12.4. The number of amides is 1. The summed E-state index contributed by atoms with van der Waals surface area (Å²) >= 11 is 0. The molecule has 33 heavy (non-hydrogen) atoms. The van der Waals surface area contributed by atoms with E-state index in [1.807, 2.05) is 65.2 Å². The summed E-state index contributed by atoms with van der Waals surface area (Å²) in [5, 5.41) is 13.7. The number of nitrogens with one attached hydrogen (secondary N) is 1. The van der Waals surface area contributed by atoms with Crippen LogP contribution in [0.2, 0.25) is 0 Å². The van der Waals surface area contributed by atoms with E-state index in [4.69, 9.17) is 4.74 Å². The second kappa shape index (κ2) is 10.3. The fraction of sp³-hybridized carbons (Fsp3) is 0.115. The fourth-order valence-corrected chi connectivity index (χ4v) is 3.49. The lowest BCUT2D eigenvalue weighted by molar-refractivity contribution is -0.121. The van der Waals surface area contributed by atoms with E-state index in [2.05, 4.69) is 15.5 Å². The van der Waals surface area contributed by atoms with Gasteiger partial charge in [0, 0.05) is 24.1 Å². The van der Waals surface area contributed by atoms with Crippen molar-refractivity contribution in [2.24, 2.45) is 5.10 Å². The summed E-state index contributed by atoms with van der Waals surface area (Å²) in [5.74, 6) is 0.169. The summed E-state index contributed by atoms with van der Waals surface area (Å²) in [6, 6.07) is 24.8. The van der Waals surface area contributed by atoms with E-state index in [1.54, 1.807) is 18.5 Å². The number of carbonyl (C=O) groups is 1. The average Bonchev–Trinajstić information content (AvgIpc) is 3.29. The standard InChI is InChI=1S/C26H24N4O3/c1-33-23-16-19(12-13-22(23)31)17-28-29-24(32)14-15-30-18-27-25(20-8-4-2-5-9-20)26(30)21-10-6-3-7-11-21/h2-13,16-18,31H,14-15H2,1H3,(H,29,32)/b28-17-. The Hall–Kier alpha value is -4.39. The highest BCUT2D eigenvalue weighted by Gasteiger charge is 2.15. The second-order valence-corrected chi connectivity index (χ2v) is 7.34. The van der Waals surface area contributed by atoms with Crippen molar-refractivity contribution in [1.82, 2.24) is 15.0 Å². The third-order valence-electron chi connectivity index (χ3n) is 5.12. The van der Waals surface area contributed by atoms with Gasteiger partial charge in [-0.15, -0.1) is 0 Å². The maximum atomic E-state index is 12.4. The molecule has 0 spiro atoms. The molecule has 4 aromatic rings. The number of phenols is 1. The zero-order valence-corrected chi connectivity index (χ0v) is 18.2. The highest BCUT2D eigenvalue weighted by atomic mass is 16.5. The summed E-state index contributed by atoms with van der Waals surface area (Å²) in [6.07, 6.45) is 3.50. The maximum Gasteiger partial charge on any atom is 0.241 e. The molecule has 3 aromatic carbocycles. The fourth-order valence-electron chi connectivity index (χ4n) is 3.49. The molecule has 4 rings (SSSR count). The molecule has 1 heterocycles. The molecular formula is C26H24N4O3. The predicted molar refractivity (Wildman–Crippen MR) is 128 cm³/mol. The summed E-state index contributed by atoms with van der Waals surface area (Å²) < 4.78 is 7.07. The molecule has 1 aromatic heterocycles. The molecule has 0 bridgehead atoms. The number of benzene rings is 3. The monoisotopic (exact) mass is 440 g/mol. The Morgan fingerprint density at radius 3 is 2.45 bits per heavy atom. The minimum atomic E-state index is -0.217. The van der Waals surface area contributed by atoms with Gasteiger partial charge < -0.3 is 14.4 Å². The van der Waals surface area contributed by atoms with Gasteiger partial charge in [-0.2, -0.15) is 5.10 Å². The zero-order chi connectivity index (χ0) is 23.0. The minimum absolute atomic E-state index is 0.0445. The highest BCUT2D eigenvalue weighted by molar-refractivity contribution is 5.83. The number of aromatic nitrogens is 2. The van der Waals surface area contributed by atoms with Crippen LogP contribution in [-0.2, 0) is 11.3 Å². The molecular weight excluding hydrogens is 416 g/mol. The number of ether oxygens (including phenoxy) is 1. The third-order valence-corrected chi connectivity index (χ3v) is 5.12. The Balaban J connectivity index is 1.46. The Bertz CT molecular complexity index is 1250. The van der Waals surface area contributed by atoms with Crippen molar-refractivity contribution in [2.75, 3.05) is 7.11 Å². The minimum Gasteiger partial charge on any atom is -0.504 e. The van der Waals surface area contributed by atoms with Crippen molar-refractivity contribution in [2.45, 2.75) is 13.0 Å². The molecule has 1 amide bonds. The number of nitrogens with zero attached hydrogens (tertiary/aromatic N) is 3. The Morgan fingerprint density at radius 2 is 1.76 bits per heavy atom. The predicted octanol–water partition coefficient (Wildman–Crippen LogP) is 4.47. The van der Waals surface area contributed by atoms with Gasteiger partial charge in [0.15, 0.2) is 11.5 Å². The molecule has 0 saturated carbocycles. The molecule has 0 atom stereocenters. The van der Waals surface area contributed by atoms with Crippen molar-refractivity contribution in [1.29, 1.82) is 0 Å². The third kappa shape index (κ3) is 5.27. The molecule has 0 saturated heterocycles. The van der Waals surface area contributed by atoms with E-state index in [0.717, 1.165) is 22.5 Å². The number of hydrogen-bond donors (Lipinski definition) is 2. The van der Waals surface area contributed by atoms with Crippen LogP contribution in [0.4, 0.5) is 0 Å². The Labute approximate surface area is 192 Å². The average molecular weight is 441 g/mol.